The largest absolute Gasteiger partial charge is 0.480 e. The van der Waals surface area contributed by atoms with E-state index in [4.69, 9.17) is 4.74 Å². The van der Waals surface area contributed by atoms with Crippen LogP contribution in [0.25, 0.3) is 11.1 Å². The van der Waals surface area contributed by atoms with Crippen molar-refractivity contribution >= 4 is 11.9 Å². The molecule has 1 aliphatic carbocycles. The summed E-state index contributed by atoms with van der Waals surface area (Å²) in [6.07, 6.45) is 0.413. The highest BCUT2D eigenvalue weighted by Crippen LogP contribution is 2.44. The van der Waals surface area contributed by atoms with Crippen molar-refractivity contribution in [3.8, 4) is 11.1 Å². The molecule has 1 aliphatic heterocycles. The number of carboxylic acid groups (broad SMARTS) is 1. The summed E-state index contributed by atoms with van der Waals surface area (Å²) < 4.78 is 5.73. The van der Waals surface area contributed by atoms with Crippen molar-refractivity contribution in [1.82, 2.24) is 5.32 Å². The minimum Gasteiger partial charge on any atom is -0.480 e. The number of carbonyl (C=O) groups excluding carboxylic acids is 1. The Morgan fingerprint density at radius 3 is 2.07 bits per heavy atom. The number of esters is 1. The van der Waals surface area contributed by atoms with Gasteiger partial charge in [0, 0.05) is 5.92 Å². The van der Waals surface area contributed by atoms with Gasteiger partial charge in [0.05, 0.1) is 0 Å². The number of fused-ring (bicyclic) bond motifs is 4. The molecule has 2 aliphatic rings. The van der Waals surface area contributed by atoms with Crippen LogP contribution in [0, 0.1) is 0 Å². The number of aliphatic carboxylic acids is 1. The Morgan fingerprint density at radius 2 is 1.43 bits per heavy atom. The van der Waals surface area contributed by atoms with Crippen LogP contribution in [0.4, 0.5) is 0 Å². The lowest BCUT2D eigenvalue weighted by atomic mass is 9.90. The van der Waals surface area contributed by atoms with Gasteiger partial charge in [-0.3, -0.25) is 14.9 Å². The van der Waals surface area contributed by atoms with E-state index in [0.717, 1.165) is 16.7 Å². The van der Waals surface area contributed by atoms with Gasteiger partial charge in [0.25, 0.3) is 0 Å². The first-order valence-corrected chi connectivity index (χ1v) is 10.0. The molecule has 0 aromatic heterocycles. The van der Waals surface area contributed by atoms with E-state index < -0.39 is 24.0 Å². The summed E-state index contributed by atoms with van der Waals surface area (Å²) in [6, 6.07) is 22.1. The molecule has 3 aromatic carbocycles. The van der Waals surface area contributed by atoms with Gasteiger partial charge in [0.15, 0.2) is 0 Å². The van der Waals surface area contributed by atoms with E-state index in [1.807, 2.05) is 42.5 Å². The summed E-state index contributed by atoms with van der Waals surface area (Å²) in [4.78, 5) is 24.6. The molecule has 0 amide bonds. The van der Waals surface area contributed by atoms with Crippen LogP contribution >= 0.6 is 0 Å². The Kier molecular flexibility index (Phi) is 4.60. The zero-order valence-corrected chi connectivity index (χ0v) is 16.2. The summed E-state index contributed by atoms with van der Waals surface area (Å²) in [5, 5.41) is 12.5. The lowest BCUT2D eigenvalue weighted by molar-refractivity contribution is -0.148. The summed E-state index contributed by atoms with van der Waals surface area (Å²) >= 11 is 0. The number of carbonyl (C=O) groups is 2. The van der Waals surface area contributed by atoms with Crippen molar-refractivity contribution in [2.75, 3.05) is 6.61 Å². The number of rotatable bonds is 4. The molecule has 5 rings (SSSR count). The van der Waals surface area contributed by atoms with E-state index in [-0.39, 0.29) is 12.5 Å². The Balaban J connectivity index is 1.35. The van der Waals surface area contributed by atoms with E-state index in [1.165, 1.54) is 11.1 Å². The summed E-state index contributed by atoms with van der Waals surface area (Å²) in [5.74, 6) is -1.44. The molecule has 3 aromatic rings. The van der Waals surface area contributed by atoms with Gasteiger partial charge in [-0.05, 0) is 39.8 Å². The molecule has 30 heavy (non-hydrogen) atoms. The number of ether oxygens (including phenoxy) is 1. The van der Waals surface area contributed by atoms with Crippen LogP contribution in [-0.2, 0) is 20.7 Å². The van der Waals surface area contributed by atoms with E-state index in [0.29, 0.717) is 12.0 Å². The fourth-order valence-corrected chi connectivity index (χ4v) is 4.63. The van der Waals surface area contributed by atoms with Crippen molar-refractivity contribution in [1.29, 1.82) is 0 Å². The van der Waals surface area contributed by atoms with E-state index in [2.05, 4.69) is 29.6 Å². The van der Waals surface area contributed by atoms with Crippen molar-refractivity contribution in [2.24, 2.45) is 0 Å². The quantitative estimate of drug-likeness (QED) is 0.655. The van der Waals surface area contributed by atoms with Crippen LogP contribution in [-0.4, -0.2) is 29.7 Å². The average Bonchev–Trinajstić information content (AvgIpc) is 3.10. The maximum atomic E-state index is 12.9. The fraction of sp³-hybridized carbons (Fsp3) is 0.200. The lowest BCUT2D eigenvalue weighted by Crippen LogP contribution is -2.48. The van der Waals surface area contributed by atoms with Crippen LogP contribution in [0.5, 0.6) is 0 Å². The van der Waals surface area contributed by atoms with Gasteiger partial charge in [-0.2, -0.15) is 0 Å². The van der Waals surface area contributed by atoms with Crippen molar-refractivity contribution in [2.45, 2.75) is 24.4 Å². The third kappa shape index (κ3) is 3.08. The maximum absolute atomic E-state index is 12.9. The molecule has 1 heterocycles. The topological polar surface area (TPSA) is 75.6 Å². The zero-order chi connectivity index (χ0) is 20.7. The maximum Gasteiger partial charge on any atom is 0.325 e. The summed E-state index contributed by atoms with van der Waals surface area (Å²) in [5.41, 5.74) is 6.21. The standard InChI is InChI=1S/C25H21NO4/c27-24(28)23-16-8-2-1-7-15(16)13-22(26-23)25(29)30-14-21-19-11-5-3-9-17(19)18-10-4-6-12-20(18)21/h1-12,21-23,26H,13-14H2,(H,27,28). The molecule has 0 saturated heterocycles. The number of hydrogen-bond acceptors (Lipinski definition) is 4. The van der Waals surface area contributed by atoms with E-state index >= 15 is 0 Å². The molecular weight excluding hydrogens is 378 g/mol. The van der Waals surface area contributed by atoms with Crippen molar-refractivity contribution in [3.63, 3.8) is 0 Å². The monoisotopic (exact) mass is 399 g/mol. The first kappa shape index (κ1) is 18.6. The highest BCUT2D eigenvalue weighted by molar-refractivity contribution is 5.82. The number of hydrogen-bond donors (Lipinski definition) is 2. The number of nitrogens with one attached hydrogen (secondary N) is 1. The van der Waals surface area contributed by atoms with Crippen molar-refractivity contribution in [3.05, 3.63) is 95.1 Å². The number of carboxylic acids is 1. The smallest absolute Gasteiger partial charge is 0.325 e. The molecular formula is C25H21NO4. The highest BCUT2D eigenvalue weighted by atomic mass is 16.5. The Hall–Kier alpha value is -3.44. The van der Waals surface area contributed by atoms with Gasteiger partial charge >= 0.3 is 11.9 Å². The molecule has 0 bridgehead atoms. The minimum atomic E-state index is -1.00. The van der Waals surface area contributed by atoms with Crippen LogP contribution in [0.15, 0.2) is 72.8 Å². The second kappa shape index (κ2) is 7.43. The molecule has 0 saturated carbocycles. The predicted octanol–water partition coefficient (Wildman–Crippen LogP) is 3.68. The van der Waals surface area contributed by atoms with Gasteiger partial charge in [-0.15, -0.1) is 0 Å². The zero-order valence-electron chi connectivity index (χ0n) is 16.2. The third-order valence-corrected chi connectivity index (χ3v) is 6.04. The van der Waals surface area contributed by atoms with Gasteiger partial charge < -0.3 is 9.84 Å². The lowest BCUT2D eigenvalue weighted by Gasteiger charge is -2.30. The number of benzene rings is 3. The Morgan fingerprint density at radius 1 is 0.867 bits per heavy atom. The predicted molar refractivity (Wildman–Crippen MR) is 112 cm³/mol. The van der Waals surface area contributed by atoms with Crippen LogP contribution < -0.4 is 5.32 Å². The molecule has 2 atom stereocenters. The fourth-order valence-electron chi connectivity index (χ4n) is 4.63. The average molecular weight is 399 g/mol. The second-order valence-corrected chi connectivity index (χ2v) is 7.75. The highest BCUT2D eigenvalue weighted by Gasteiger charge is 2.36. The molecule has 5 heteroatoms. The minimum absolute atomic E-state index is 0.0208. The van der Waals surface area contributed by atoms with Crippen molar-refractivity contribution < 1.29 is 19.4 Å². The summed E-state index contributed by atoms with van der Waals surface area (Å²) in [7, 11) is 0. The van der Waals surface area contributed by atoms with Gasteiger partial charge in [0.2, 0.25) is 0 Å². The van der Waals surface area contributed by atoms with Gasteiger partial charge in [-0.25, -0.2) is 0 Å². The van der Waals surface area contributed by atoms with Gasteiger partial charge in [-0.1, -0.05) is 72.8 Å². The Bertz CT molecular complexity index is 1090. The molecule has 2 unspecified atom stereocenters. The van der Waals surface area contributed by atoms with Gasteiger partial charge in [0.1, 0.15) is 18.7 Å². The van der Waals surface area contributed by atoms with Crippen LogP contribution in [0.3, 0.4) is 0 Å². The summed E-state index contributed by atoms with van der Waals surface area (Å²) in [6.45, 7) is 0.227. The first-order valence-electron chi connectivity index (χ1n) is 10.0. The molecule has 0 fully saturated rings. The van der Waals surface area contributed by atoms with E-state index in [9.17, 15) is 14.7 Å². The van der Waals surface area contributed by atoms with Crippen LogP contribution in [0.1, 0.15) is 34.2 Å². The van der Waals surface area contributed by atoms with E-state index in [1.54, 1.807) is 6.07 Å². The molecule has 150 valence electrons. The molecule has 2 N–H and O–H groups in total. The SMILES string of the molecule is O=C(OCC1c2ccccc2-c2ccccc21)C1Cc2ccccc2C(C(=O)O)N1. The third-order valence-electron chi connectivity index (χ3n) is 6.04. The molecule has 0 spiro atoms. The second-order valence-electron chi connectivity index (χ2n) is 7.75. The van der Waals surface area contributed by atoms with Crippen LogP contribution in [0.2, 0.25) is 0 Å². The molecule has 0 radical (unpaired) electrons. The molecule has 5 nitrogen and oxygen atoms in total. The first-order chi connectivity index (χ1) is 14.6. The normalized spacial score (nSPS) is 19.5. The Labute approximate surface area is 174 Å².